The van der Waals surface area contributed by atoms with Gasteiger partial charge in [0.1, 0.15) is 0 Å². The summed E-state index contributed by atoms with van der Waals surface area (Å²) >= 11 is 0. The predicted molar refractivity (Wildman–Crippen MR) is 254 cm³/mol. The van der Waals surface area contributed by atoms with E-state index in [-0.39, 0.29) is 0 Å². The summed E-state index contributed by atoms with van der Waals surface area (Å²) < 4.78 is 0. The number of rotatable bonds is 8. The third-order valence-corrected chi connectivity index (χ3v) is 12.4. The quantitative estimate of drug-likeness (QED) is 0.139. The van der Waals surface area contributed by atoms with Crippen LogP contribution in [0.3, 0.4) is 0 Å². The molecule has 282 valence electrons. The van der Waals surface area contributed by atoms with E-state index in [0.717, 1.165) is 17.1 Å². The monoisotopic (exact) mass is 763 g/mol. The second-order valence-electron chi connectivity index (χ2n) is 15.6. The highest BCUT2D eigenvalue weighted by Gasteiger charge is 2.53. The number of hydrogen-bond donors (Lipinski definition) is 0. The molecule has 0 unspecified atom stereocenters. The summed E-state index contributed by atoms with van der Waals surface area (Å²) in [4.78, 5) is 2.44. The SMILES string of the molecule is C=C/C=C\C1=C(c2cccc3ccccc23)C2(c3cc(N(c4cccc(-c5ccccc5)c4)c4cccc(-c5ccccc5)c4)ccc31)c1ccccc1-c1ccccc12. The number of benzene rings is 9. The number of allylic oxidation sites excluding steroid dienone is 5. The van der Waals surface area contributed by atoms with Gasteiger partial charge in [0.05, 0.1) is 5.41 Å². The van der Waals surface area contributed by atoms with Crippen molar-refractivity contribution in [2.45, 2.75) is 5.41 Å². The van der Waals surface area contributed by atoms with Gasteiger partial charge in [0.15, 0.2) is 0 Å². The van der Waals surface area contributed by atoms with Crippen molar-refractivity contribution in [3.63, 3.8) is 0 Å². The molecular weight excluding hydrogens is 723 g/mol. The van der Waals surface area contributed by atoms with Crippen LogP contribution in [0.25, 0.3) is 55.3 Å². The smallest absolute Gasteiger partial charge is 0.0732 e. The van der Waals surface area contributed by atoms with Crippen LogP contribution in [0, 0.1) is 0 Å². The number of hydrogen-bond acceptors (Lipinski definition) is 1. The first-order valence-corrected chi connectivity index (χ1v) is 20.7. The van der Waals surface area contributed by atoms with Crippen molar-refractivity contribution in [3.8, 4) is 33.4 Å². The molecule has 11 rings (SSSR count). The van der Waals surface area contributed by atoms with E-state index < -0.39 is 5.41 Å². The molecule has 9 aromatic rings. The molecule has 0 heterocycles. The third kappa shape index (κ3) is 5.55. The van der Waals surface area contributed by atoms with E-state index in [9.17, 15) is 0 Å². The maximum absolute atomic E-state index is 4.13. The molecule has 9 aromatic carbocycles. The number of anilines is 3. The van der Waals surface area contributed by atoms with E-state index >= 15 is 0 Å². The lowest BCUT2D eigenvalue weighted by Crippen LogP contribution is -2.27. The van der Waals surface area contributed by atoms with Crippen LogP contribution in [0.1, 0.15) is 27.8 Å². The molecule has 1 nitrogen and oxygen atoms in total. The Labute approximate surface area is 352 Å². The first-order chi connectivity index (χ1) is 29.7. The van der Waals surface area contributed by atoms with Crippen LogP contribution < -0.4 is 4.90 Å². The van der Waals surface area contributed by atoms with Gasteiger partial charge in [-0.15, -0.1) is 0 Å². The van der Waals surface area contributed by atoms with E-state index in [4.69, 9.17) is 0 Å². The molecule has 2 aliphatic carbocycles. The molecule has 0 saturated carbocycles. The zero-order valence-electron chi connectivity index (χ0n) is 33.2. The van der Waals surface area contributed by atoms with Gasteiger partial charge < -0.3 is 4.90 Å². The Morgan fingerprint density at radius 2 is 0.883 bits per heavy atom. The van der Waals surface area contributed by atoms with Gasteiger partial charge in [-0.05, 0) is 120 Å². The Morgan fingerprint density at radius 3 is 1.52 bits per heavy atom. The van der Waals surface area contributed by atoms with Gasteiger partial charge in [-0.1, -0.05) is 207 Å². The fraction of sp³-hybridized carbons (Fsp3) is 0.0169. The van der Waals surface area contributed by atoms with Crippen molar-refractivity contribution in [1.29, 1.82) is 0 Å². The van der Waals surface area contributed by atoms with Crippen molar-refractivity contribution in [2.24, 2.45) is 0 Å². The van der Waals surface area contributed by atoms with Crippen LogP contribution in [0.15, 0.2) is 243 Å². The summed E-state index contributed by atoms with van der Waals surface area (Å²) in [5.74, 6) is 0. The van der Waals surface area contributed by atoms with E-state index in [2.05, 4.69) is 242 Å². The van der Waals surface area contributed by atoms with Crippen molar-refractivity contribution in [3.05, 3.63) is 271 Å². The minimum Gasteiger partial charge on any atom is -0.310 e. The first-order valence-electron chi connectivity index (χ1n) is 20.7. The summed E-state index contributed by atoms with van der Waals surface area (Å²) in [5.41, 5.74) is 18.8. The lowest BCUT2D eigenvalue weighted by atomic mass is 9.67. The van der Waals surface area contributed by atoms with Gasteiger partial charge in [0, 0.05) is 17.1 Å². The molecule has 60 heavy (non-hydrogen) atoms. The van der Waals surface area contributed by atoms with Crippen LogP contribution >= 0.6 is 0 Å². The van der Waals surface area contributed by atoms with Gasteiger partial charge in [0.2, 0.25) is 0 Å². The Morgan fingerprint density at radius 1 is 0.383 bits per heavy atom. The maximum atomic E-state index is 4.13. The fourth-order valence-electron chi connectivity index (χ4n) is 9.97. The molecule has 1 heteroatoms. The molecule has 0 aromatic heterocycles. The average Bonchev–Trinajstić information content (AvgIpc) is 3.78. The largest absolute Gasteiger partial charge is 0.310 e. The Hall–Kier alpha value is -7.74. The minimum atomic E-state index is -0.604. The summed E-state index contributed by atoms with van der Waals surface area (Å²) in [6, 6.07) is 80.1. The molecule has 2 aliphatic rings. The number of fused-ring (bicyclic) bond motifs is 8. The number of nitrogens with zero attached hydrogens (tertiary/aromatic N) is 1. The molecule has 0 radical (unpaired) electrons. The average molecular weight is 764 g/mol. The standard InChI is InChI=1S/C59H41N/c1-2-3-29-54-52-37-36-48(60(46-27-16-25-44(38-46)41-19-6-4-7-20-41)47-28-17-26-45(39-47)42-21-8-5-9-22-42)40-57(52)59(58(54)53-33-18-24-43-23-10-11-30-49(43)53)55-34-14-12-31-50(55)51-32-13-15-35-56(51)59/h2-40H,1H2/b29-3-. The fourth-order valence-corrected chi connectivity index (χ4v) is 9.97. The van der Waals surface area contributed by atoms with Gasteiger partial charge in [0.25, 0.3) is 0 Å². The van der Waals surface area contributed by atoms with Gasteiger partial charge >= 0.3 is 0 Å². The van der Waals surface area contributed by atoms with Crippen LogP contribution in [-0.2, 0) is 5.41 Å². The molecule has 0 amide bonds. The van der Waals surface area contributed by atoms with Crippen LogP contribution in [0.5, 0.6) is 0 Å². The molecule has 0 aliphatic heterocycles. The Bertz CT molecular complexity index is 3030. The highest BCUT2D eigenvalue weighted by molar-refractivity contribution is 6.16. The Kier molecular flexibility index (Phi) is 8.60. The van der Waals surface area contributed by atoms with Crippen molar-refractivity contribution in [2.75, 3.05) is 4.90 Å². The topological polar surface area (TPSA) is 3.24 Å². The zero-order valence-corrected chi connectivity index (χ0v) is 33.2. The summed E-state index contributed by atoms with van der Waals surface area (Å²) in [6.07, 6.45) is 6.27. The second kappa shape index (κ2) is 14.6. The molecular formula is C59H41N. The van der Waals surface area contributed by atoms with E-state index in [1.54, 1.807) is 0 Å². The van der Waals surface area contributed by atoms with Crippen LogP contribution in [0.2, 0.25) is 0 Å². The molecule has 0 bridgehead atoms. The van der Waals surface area contributed by atoms with Crippen molar-refractivity contribution < 1.29 is 0 Å². The van der Waals surface area contributed by atoms with Gasteiger partial charge in [-0.3, -0.25) is 0 Å². The van der Waals surface area contributed by atoms with Gasteiger partial charge in [-0.25, -0.2) is 0 Å². The minimum absolute atomic E-state index is 0.604. The predicted octanol–water partition coefficient (Wildman–Crippen LogP) is 15.6. The normalized spacial score (nSPS) is 13.4. The van der Waals surface area contributed by atoms with E-state index in [1.165, 1.54) is 83.1 Å². The molecule has 1 spiro atoms. The lowest BCUT2D eigenvalue weighted by molar-refractivity contribution is 0.843. The zero-order chi connectivity index (χ0) is 40.0. The van der Waals surface area contributed by atoms with Crippen molar-refractivity contribution >= 4 is 39.0 Å². The van der Waals surface area contributed by atoms with E-state index in [1.807, 2.05) is 6.08 Å². The van der Waals surface area contributed by atoms with Crippen LogP contribution in [0.4, 0.5) is 17.1 Å². The van der Waals surface area contributed by atoms with E-state index in [0.29, 0.717) is 0 Å². The third-order valence-electron chi connectivity index (χ3n) is 12.4. The van der Waals surface area contributed by atoms with Gasteiger partial charge in [-0.2, -0.15) is 0 Å². The first kappa shape index (κ1) is 35.4. The maximum Gasteiger partial charge on any atom is 0.0732 e. The summed E-state index contributed by atoms with van der Waals surface area (Å²) in [6.45, 7) is 4.13. The lowest BCUT2D eigenvalue weighted by Gasteiger charge is -2.34. The molecule has 0 atom stereocenters. The highest BCUT2D eigenvalue weighted by atomic mass is 15.1. The summed E-state index contributed by atoms with van der Waals surface area (Å²) in [7, 11) is 0. The van der Waals surface area contributed by atoms with Crippen LogP contribution in [-0.4, -0.2) is 0 Å². The summed E-state index contributed by atoms with van der Waals surface area (Å²) in [5, 5.41) is 2.47. The molecule has 0 saturated heterocycles. The highest BCUT2D eigenvalue weighted by Crippen LogP contribution is 2.65. The Balaban J connectivity index is 1.22. The molecule has 0 fully saturated rings. The molecule has 0 N–H and O–H groups in total. The van der Waals surface area contributed by atoms with Crippen molar-refractivity contribution in [1.82, 2.24) is 0 Å². The second-order valence-corrected chi connectivity index (χ2v) is 15.6.